The maximum Gasteiger partial charge on any atom is 0.163 e. The molecule has 0 radical (unpaired) electrons. The lowest BCUT2D eigenvalue weighted by atomic mass is 10.2. The highest BCUT2D eigenvalue weighted by Gasteiger charge is 2.21. The molecule has 1 aromatic heterocycles. The van der Waals surface area contributed by atoms with Gasteiger partial charge in [0.1, 0.15) is 30.7 Å². The highest BCUT2D eigenvalue weighted by molar-refractivity contribution is 6.31. The first-order chi connectivity index (χ1) is 16.2. The number of benzene rings is 3. The SMILES string of the molecule is Fc1ccc(Nc2ncnc3cc(OCc4ccccc4)c(O[C@H]4CCOC4)cc23)cc1Cl. The van der Waals surface area contributed by atoms with Crippen molar-refractivity contribution in [3.05, 3.63) is 83.4 Å². The predicted octanol–water partition coefficient (Wildman–Crippen LogP) is 5.91. The van der Waals surface area contributed by atoms with Crippen LogP contribution in [0.2, 0.25) is 5.02 Å². The van der Waals surface area contributed by atoms with Crippen LogP contribution in [0, 0.1) is 5.82 Å². The van der Waals surface area contributed by atoms with Crippen LogP contribution in [0.5, 0.6) is 11.5 Å². The second-order valence-electron chi connectivity index (χ2n) is 7.67. The van der Waals surface area contributed by atoms with Crippen LogP contribution < -0.4 is 14.8 Å². The van der Waals surface area contributed by atoms with Crippen LogP contribution in [0.4, 0.5) is 15.9 Å². The molecular weight excluding hydrogens is 445 g/mol. The Morgan fingerprint density at radius 2 is 1.94 bits per heavy atom. The maximum absolute atomic E-state index is 13.6. The normalized spacial score (nSPS) is 15.5. The van der Waals surface area contributed by atoms with Crippen LogP contribution in [0.25, 0.3) is 10.9 Å². The van der Waals surface area contributed by atoms with Crippen molar-refractivity contribution in [1.82, 2.24) is 9.97 Å². The van der Waals surface area contributed by atoms with Gasteiger partial charge in [-0.25, -0.2) is 14.4 Å². The van der Waals surface area contributed by atoms with E-state index in [9.17, 15) is 4.39 Å². The van der Waals surface area contributed by atoms with Gasteiger partial charge < -0.3 is 19.5 Å². The van der Waals surface area contributed by atoms with E-state index in [1.165, 1.54) is 18.5 Å². The first-order valence-electron chi connectivity index (χ1n) is 10.6. The topological polar surface area (TPSA) is 65.5 Å². The standard InChI is InChI=1S/C25H21ClFN3O3/c26-20-10-17(6-7-21(20)27)30-25-19-11-24(33-18-8-9-31-14-18)23(12-22(19)28-15-29-25)32-13-16-4-2-1-3-5-16/h1-7,10-12,15,18H,8-9,13-14H2,(H,28,29,30)/t18-/m0/s1. The number of nitrogens with one attached hydrogen (secondary N) is 1. The molecule has 1 N–H and O–H groups in total. The van der Waals surface area contributed by atoms with Crippen LogP contribution in [-0.2, 0) is 11.3 Å². The van der Waals surface area contributed by atoms with Gasteiger partial charge in [0.05, 0.1) is 23.8 Å². The number of fused-ring (bicyclic) bond motifs is 1. The van der Waals surface area contributed by atoms with Crippen LogP contribution in [0.15, 0.2) is 67.0 Å². The van der Waals surface area contributed by atoms with E-state index in [2.05, 4.69) is 15.3 Å². The summed E-state index contributed by atoms with van der Waals surface area (Å²) in [6.45, 7) is 1.59. The summed E-state index contributed by atoms with van der Waals surface area (Å²) >= 11 is 5.93. The Bertz CT molecular complexity index is 1270. The Kier molecular flexibility index (Phi) is 6.24. The van der Waals surface area contributed by atoms with Gasteiger partial charge in [0.2, 0.25) is 0 Å². The predicted molar refractivity (Wildman–Crippen MR) is 125 cm³/mol. The second-order valence-corrected chi connectivity index (χ2v) is 8.08. The highest BCUT2D eigenvalue weighted by atomic mass is 35.5. The molecule has 0 saturated carbocycles. The average molecular weight is 466 g/mol. The lowest BCUT2D eigenvalue weighted by molar-refractivity contribution is 0.137. The fourth-order valence-corrected chi connectivity index (χ4v) is 3.78. The van der Waals surface area contributed by atoms with Crippen molar-refractivity contribution in [3.8, 4) is 11.5 Å². The number of hydrogen-bond acceptors (Lipinski definition) is 6. The summed E-state index contributed by atoms with van der Waals surface area (Å²) in [5, 5.41) is 3.95. The maximum atomic E-state index is 13.6. The number of rotatable bonds is 7. The molecule has 4 aromatic rings. The largest absolute Gasteiger partial charge is 0.485 e. The van der Waals surface area contributed by atoms with Crippen molar-refractivity contribution in [3.63, 3.8) is 0 Å². The third kappa shape index (κ3) is 4.99. The molecule has 5 rings (SSSR count). The van der Waals surface area contributed by atoms with Crippen LogP contribution in [0.3, 0.4) is 0 Å². The molecule has 3 aromatic carbocycles. The first-order valence-corrected chi connectivity index (χ1v) is 11.0. The van der Waals surface area contributed by atoms with Crippen molar-refractivity contribution < 1.29 is 18.6 Å². The van der Waals surface area contributed by atoms with Gasteiger partial charge >= 0.3 is 0 Å². The van der Waals surface area contributed by atoms with Crippen molar-refractivity contribution >= 4 is 34.0 Å². The number of hydrogen-bond donors (Lipinski definition) is 1. The molecule has 8 heteroatoms. The summed E-state index contributed by atoms with van der Waals surface area (Å²) < 4.78 is 31.4. The van der Waals surface area contributed by atoms with E-state index in [0.29, 0.717) is 48.3 Å². The van der Waals surface area contributed by atoms with Crippen LogP contribution in [0.1, 0.15) is 12.0 Å². The molecule has 0 amide bonds. The van der Waals surface area contributed by atoms with Gasteiger partial charge in [-0.05, 0) is 29.8 Å². The molecule has 1 aliphatic rings. The molecule has 0 unspecified atom stereocenters. The molecule has 6 nitrogen and oxygen atoms in total. The summed E-state index contributed by atoms with van der Waals surface area (Å²) in [6, 6.07) is 18.0. The van der Waals surface area contributed by atoms with Gasteiger partial charge in [0.15, 0.2) is 11.5 Å². The number of halogens is 2. The van der Waals surface area contributed by atoms with E-state index in [1.807, 2.05) is 42.5 Å². The van der Waals surface area contributed by atoms with Gasteiger partial charge in [-0.1, -0.05) is 41.9 Å². The molecule has 168 valence electrons. The van der Waals surface area contributed by atoms with E-state index in [-0.39, 0.29) is 11.1 Å². The summed E-state index contributed by atoms with van der Waals surface area (Å²) in [6.07, 6.45) is 2.21. The van der Waals surface area contributed by atoms with Crippen molar-refractivity contribution in [1.29, 1.82) is 0 Å². The van der Waals surface area contributed by atoms with Gasteiger partial charge in [-0.2, -0.15) is 0 Å². The van der Waals surface area contributed by atoms with Gasteiger partial charge in [0.25, 0.3) is 0 Å². The molecular formula is C25H21ClFN3O3. The molecule has 0 spiro atoms. The van der Waals surface area contributed by atoms with E-state index in [4.69, 9.17) is 25.8 Å². The first kappa shape index (κ1) is 21.4. The zero-order valence-electron chi connectivity index (χ0n) is 17.6. The van der Waals surface area contributed by atoms with E-state index in [0.717, 1.165) is 17.4 Å². The third-order valence-corrected chi connectivity index (χ3v) is 5.59. The van der Waals surface area contributed by atoms with Crippen LogP contribution in [-0.4, -0.2) is 29.3 Å². The molecule has 1 fully saturated rings. The number of anilines is 2. The minimum Gasteiger partial charge on any atom is -0.485 e. The Labute approximate surface area is 195 Å². The number of aromatic nitrogens is 2. The lowest BCUT2D eigenvalue weighted by Gasteiger charge is -2.18. The fourth-order valence-electron chi connectivity index (χ4n) is 3.60. The molecule has 1 aliphatic heterocycles. The molecule has 1 saturated heterocycles. The molecule has 0 aliphatic carbocycles. The van der Waals surface area contributed by atoms with E-state index < -0.39 is 5.82 Å². The summed E-state index contributed by atoms with van der Waals surface area (Å²) in [5.74, 6) is 1.24. The quantitative estimate of drug-likeness (QED) is 0.366. The fraction of sp³-hybridized carbons (Fsp3) is 0.200. The lowest BCUT2D eigenvalue weighted by Crippen LogP contribution is -2.16. The average Bonchev–Trinajstić information content (AvgIpc) is 3.34. The van der Waals surface area contributed by atoms with Gasteiger partial charge in [-0.3, -0.25) is 0 Å². The monoisotopic (exact) mass is 465 g/mol. The second kappa shape index (κ2) is 9.60. The zero-order chi connectivity index (χ0) is 22.6. The van der Waals surface area contributed by atoms with Gasteiger partial charge in [0, 0.05) is 23.6 Å². The Balaban J connectivity index is 1.50. The van der Waals surface area contributed by atoms with E-state index in [1.54, 1.807) is 6.07 Å². The Morgan fingerprint density at radius 1 is 1.06 bits per heavy atom. The number of nitrogens with zero attached hydrogens (tertiary/aromatic N) is 2. The minimum atomic E-state index is -0.482. The Morgan fingerprint density at radius 3 is 2.73 bits per heavy atom. The van der Waals surface area contributed by atoms with Crippen molar-refractivity contribution in [2.24, 2.45) is 0 Å². The van der Waals surface area contributed by atoms with Crippen molar-refractivity contribution in [2.75, 3.05) is 18.5 Å². The highest BCUT2D eigenvalue weighted by Crippen LogP contribution is 2.37. The van der Waals surface area contributed by atoms with Crippen LogP contribution >= 0.6 is 11.6 Å². The summed E-state index contributed by atoms with van der Waals surface area (Å²) in [5.41, 5.74) is 2.34. The van der Waals surface area contributed by atoms with E-state index >= 15 is 0 Å². The molecule has 2 heterocycles. The van der Waals surface area contributed by atoms with Crippen molar-refractivity contribution in [2.45, 2.75) is 19.1 Å². The minimum absolute atomic E-state index is 0.0280. The van der Waals surface area contributed by atoms with Gasteiger partial charge in [-0.15, -0.1) is 0 Å². The summed E-state index contributed by atoms with van der Waals surface area (Å²) in [4.78, 5) is 8.78. The number of ether oxygens (including phenoxy) is 3. The molecule has 1 atom stereocenters. The zero-order valence-corrected chi connectivity index (χ0v) is 18.4. The molecule has 0 bridgehead atoms. The Hall–Kier alpha value is -3.42. The third-order valence-electron chi connectivity index (χ3n) is 5.30. The smallest absolute Gasteiger partial charge is 0.163 e. The molecule has 33 heavy (non-hydrogen) atoms. The summed E-state index contributed by atoms with van der Waals surface area (Å²) in [7, 11) is 0.